The third kappa shape index (κ3) is 3.12. The number of amides is 1. The van der Waals surface area contributed by atoms with Crippen molar-refractivity contribution in [1.82, 2.24) is 5.32 Å². The van der Waals surface area contributed by atoms with E-state index in [4.69, 9.17) is 5.11 Å². The number of rotatable bonds is 3. The summed E-state index contributed by atoms with van der Waals surface area (Å²) < 4.78 is 26.5. The lowest BCUT2D eigenvalue weighted by molar-refractivity contribution is -0.142. The largest absolute Gasteiger partial charge is 0.481 e. The number of hydrogen-bond donors (Lipinski definition) is 2. The lowest BCUT2D eigenvalue weighted by Crippen LogP contribution is -2.39. The van der Waals surface area contributed by atoms with Crippen LogP contribution in [0.4, 0.5) is 8.78 Å². The smallest absolute Gasteiger partial charge is 0.306 e. The van der Waals surface area contributed by atoms with E-state index in [1.165, 1.54) is 12.1 Å². The van der Waals surface area contributed by atoms with Crippen LogP contribution in [0.5, 0.6) is 0 Å². The highest BCUT2D eigenvalue weighted by molar-refractivity contribution is 5.94. The maximum Gasteiger partial charge on any atom is 0.306 e. The molecule has 1 fully saturated rings. The summed E-state index contributed by atoms with van der Waals surface area (Å²) >= 11 is 0. The second kappa shape index (κ2) is 5.98. The number of carboxylic acids is 1. The minimum atomic E-state index is -1.16. The lowest BCUT2D eigenvalue weighted by Gasteiger charge is -2.26. The highest BCUT2D eigenvalue weighted by atomic mass is 19.2. The van der Waals surface area contributed by atoms with E-state index in [0.29, 0.717) is 25.7 Å². The first kappa shape index (κ1) is 14.4. The Morgan fingerprint density at radius 2 is 1.80 bits per heavy atom. The zero-order valence-corrected chi connectivity index (χ0v) is 10.7. The molecular weight excluding hydrogens is 268 g/mol. The first-order valence-corrected chi connectivity index (χ1v) is 6.46. The SMILES string of the molecule is O=C(NC1CCC(C(=O)O)CC1)c1cccc(F)c1F. The number of benzene rings is 1. The molecule has 1 amide bonds. The number of aliphatic carboxylic acids is 1. The molecule has 1 aromatic carbocycles. The molecule has 0 heterocycles. The van der Waals surface area contributed by atoms with Gasteiger partial charge >= 0.3 is 5.97 Å². The Hall–Kier alpha value is -1.98. The molecule has 0 aliphatic heterocycles. The molecule has 1 aliphatic carbocycles. The van der Waals surface area contributed by atoms with Crippen LogP contribution in [0.1, 0.15) is 36.0 Å². The molecule has 0 aromatic heterocycles. The number of carboxylic acid groups (broad SMARTS) is 1. The van der Waals surface area contributed by atoms with Crippen LogP contribution in [-0.4, -0.2) is 23.0 Å². The number of hydrogen-bond acceptors (Lipinski definition) is 2. The van der Waals surface area contributed by atoms with Crippen molar-refractivity contribution in [2.45, 2.75) is 31.7 Å². The standard InChI is InChI=1S/C14H15F2NO3/c15-11-3-1-2-10(12(11)16)13(18)17-9-6-4-8(5-7-9)14(19)20/h1-3,8-9H,4-7H2,(H,17,18)(H,19,20). The summed E-state index contributed by atoms with van der Waals surface area (Å²) in [5.74, 6) is -4.10. The maximum atomic E-state index is 13.5. The van der Waals surface area contributed by atoms with Gasteiger partial charge in [0.1, 0.15) is 0 Å². The van der Waals surface area contributed by atoms with Gasteiger partial charge in [-0.1, -0.05) is 6.07 Å². The van der Waals surface area contributed by atoms with Crippen molar-refractivity contribution in [3.63, 3.8) is 0 Å². The number of halogens is 2. The number of nitrogens with one attached hydrogen (secondary N) is 1. The van der Waals surface area contributed by atoms with Crippen LogP contribution < -0.4 is 5.32 Å². The number of carbonyl (C=O) groups excluding carboxylic acids is 1. The Bertz CT molecular complexity index is 525. The van der Waals surface area contributed by atoms with Crippen molar-refractivity contribution in [2.24, 2.45) is 5.92 Å². The minimum Gasteiger partial charge on any atom is -0.481 e. The van der Waals surface area contributed by atoms with Gasteiger partial charge in [-0.2, -0.15) is 0 Å². The van der Waals surface area contributed by atoms with Crippen LogP contribution in [0, 0.1) is 17.6 Å². The van der Waals surface area contributed by atoms with Gasteiger partial charge in [-0.3, -0.25) is 9.59 Å². The topological polar surface area (TPSA) is 66.4 Å². The zero-order chi connectivity index (χ0) is 14.7. The summed E-state index contributed by atoms with van der Waals surface area (Å²) in [6, 6.07) is 3.25. The van der Waals surface area contributed by atoms with Crippen LogP contribution in [0.25, 0.3) is 0 Å². The average Bonchev–Trinajstić information content (AvgIpc) is 2.42. The molecule has 0 atom stereocenters. The first-order valence-electron chi connectivity index (χ1n) is 6.46. The van der Waals surface area contributed by atoms with Gasteiger partial charge in [0.2, 0.25) is 0 Å². The Labute approximate surface area is 114 Å². The molecule has 0 bridgehead atoms. The molecule has 0 radical (unpaired) electrons. The van der Waals surface area contributed by atoms with Crippen LogP contribution >= 0.6 is 0 Å². The zero-order valence-electron chi connectivity index (χ0n) is 10.7. The summed E-state index contributed by atoms with van der Waals surface area (Å²) in [5, 5.41) is 11.5. The monoisotopic (exact) mass is 283 g/mol. The fourth-order valence-electron chi connectivity index (χ4n) is 2.43. The normalized spacial score (nSPS) is 22.3. The van der Waals surface area contributed by atoms with Crippen molar-refractivity contribution < 1.29 is 23.5 Å². The van der Waals surface area contributed by atoms with Gasteiger partial charge in [0.25, 0.3) is 5.91 Å². The van der Waals surface area contributed by atoms with Gasteiger partial charge in [-0.25, -0.2) is 8.78 Å². The Kier molecular flexibility index (Phi) is 4.32. The van der Waals surface area contributed by atoms with Crippen molar-refractivity contribution in [3.8, 4) is 0 Å². The summed E-state index contributed by atoms with van der Waals surface area (Å²) in [5.41, 5.74) is -0.328. The molecule has 1 saturated carbocycles. The third-order valence-electron chi connectivity index (χ3n) is 3.61. The van der Waals surface area contributed by atoms with Gasteiger partial charge in [0, 0.05) is 6.04 Å². The van der Waals surface area contributed by atoms with Crippen LogP contribution in [0.15, 0.2) is 18.2 Å². The van der Waals surface area contributed by atoms with Crippen molar-refractivity contribution >= 4 is 11.9 Å². The van der Waals surface area contributed by atoms with E-state index in [2.05, 4.69) is 5.32 Å². The predicted molar refractivity (Wildman–Crippen MR) is 67.2 cm³/mol. The van der Waals surface area contributed by atoms with E-state index >= 15 is 0 Å². The fourth-order valence-corrected chi connectivity index (χ4v) is 2.43. The summed E-state index contributed by atoms with van der Waals surface area (Å²) in [7, 11) is 0. The number of carbonyl (C=O) groups is 2. The Morgan fingerprint density at radius 1 is 1.15 bits per heavy atom. The molecule has 1 aliphatic rings. The van der Waals surface area contributed by atoms with Crippen molar-refractivity contribution in [3.05, 3.63) is 35.4 Å². The maximum absolute atomic E-state index is 13.5. The summed E-state index contributed by atoms with van der Waals surface area (Å²) in [6.07, 6.45) is 2.01. The van der Waals surface area contributed by atoms with Crippen LogP contribution in [0.3, 0.4) is 0 Å². The van der Waals surface area contributed by atoms with Crippen LogP contribution in [0.2, 0.25) is 0 Å². The van der Waals surface area contributed by atoms with Gasteiger partial charge < -0.3 is 10.4 Å². The molecule has 0 saturated heterocycles. The van der Waals surface area contributed by atoms with Crippen molar-refractivity contribution in [2.75, 3.05) is 0 Å². The molecule has 2 rings (SSSR count). The molecule has 108 valence electrons. The third-order valence-corrected chi connectivity index (χ3v) is 3.61. The van der Waals surface area contributed by atoms with E-state index in [9.17, 15) is 18.4 Å². The van der Waals surface area contributed by atoms with E-state index in [-0.39, 0.29) is 17.5 Å². The molecule has 0 unspecified atom stereocenters. The Morgan fingerprint density at radius 3 is 2.40 bits per heavy atom. The second-order valence-electron chi connectivity index (χ2n) is 4.96. The lowest BCUT2D eigenvalue weighted by atomic mass is 9.86. The van der Waals surface area contributed by atoms with Gasteiger partial charge in [0.15, 0.2) is 11.6 Å². The molecule has 1 aromatic rings. The van der Waals surface area contributed by atoms with E-state index in [0.717, 1.165) is 6.07 Å². The van der Waals surface area contributed by atoms with Gasteiger partial charge in [-0.15, -0.1) is 0 Å². The molecule has 0 spiro atoms. The fraction of sp³-hybridized carbons (Fsp3) is 0.429. The first-order chi connectivity index (χ1) is 9.49. The van der Waals surface area contributed by atoms with E-state index in [1.54, 1.807) is 0 Å². The minimum absolute atomic E-state index is 0.194. The highest BCUT2D eigenvalue weighted by Gasteiger charge is 2.27. The molecule has 2 N–H and O–H groups in total. The molecule has 4 nitrogen and oxygen atoms in total. The Balaban J connectivity index is 1.96. The quantitative estimate of drug-likeness (QED) is 0.894. The van der Waals surface area contributed by atoms with E-state index < -0.39 is 23.5 Å². The summed E-state index contributed by atoms with van der Waals surface area (Å²) in [4.78, 5) is 22.7. The van der Waals surface area contributed by atoms with Gasteiger partial charge in [-0.05, 0) is 37.8 Å². The molecular formula is C14H15F2NO3. The van der Waals surface area contributed by atoms with E-state index in [1.807, 2.05) is 0 Å². The van der Waals surface area contributed by atoms with Crippen LogP contribution in [-0.2, 0) is 4.79 Å². The average molecular weight is 283 g/mol. The summed E-state index contributed by atoms with van der Waals surface area (Å²) in [6.45, 7) is 0. The molecule has 6 heteroatoms. The highest BCUT2D eigenvalue weighted by Crippen LogP contribution is 2.24. The van der Waals surface area contributed by atoms with Gasteiger partial charge in [0.05, 0.1) is 11.5 Å². The predicted octanol–water partition coefficient (Wildman–Crippen LogP) is 2.34. The molecule has 20 heavy (non-hydrogen) atoms. The van der Waals surface area contributed by atoms with Crippen molar-refractivity contribution in [1.29, 1.82) is 0 Å². The second-order valence-corrected chi connectivity index (χ2v) is 4.96.